The number of ether oxygens (including phenoxy) is 1. The highest BCUT2D eigenvalue weighted by atomic mass is 28.3. The Labute approximate surface area is 74.8 Å². The Hall–Kier alpha value is 0.0569. The Bertz CT molecular complexity index is 135. The topological polar surface area (TPSA) is 53.7 Å². The maximum absolute atomic E-state index is 6.01. The summed E-state index contributed by atoms with van der Waals surface area (Å²) in [4.78, 5) is 0. The molecule has 5 heteroatoms. The van der Waals surface area contributed by atoms with Crippen molar-refractivity contribution < 1.29 is 13.6 Å². The minimum Gasteiger partial charge on any atom is -0.398 e. The molecule has 1 saturated heterocycles. The molecule has 0 amide bonds. The van der Waals surface area contributed by atoms with E-state index >= 15 is 0 Å². The van der Waals surface area contributed by atoms with Crippen molar-refractivity contribution in [1.29, 1.82) is 0 Å². The molecule has 1 fully saturated rings. The van der Waals surface area contributed by atoms with E-state index in [-0.39, 0.29) is 0 Å². The predicted octanol–water partition coefficient (Wildman–Crippen LogP) is -0.106. The minimum atomic E-state index is -1.83. The summed E-state index contributed by atoms with van der Waals surface area (Å²) >= 11 is 0. The number of rotatable bonds is 3. The van der Waals surface area contributed by atoms with Crippen LogP contribution in [0.15, 0.2) is 0 Å². The molecule has 0 radical (unpaired) electrons. The Kier molecular flexibility index (Phi) is 3.67. The summed E-state index contributed by atoms with van der Waals surface area (Å²) < 4.78 is 15.9. The van der Waals surface area contributed by atoms with Crippen LogP contribution in [-0.2, 0) is 13.6 Å². The lowest BCUT2D eigenvalue weighted by Gasteiger charge is -2.36. The third-order valence-corrected chi connectivity index (χ3v) is 4.27. The van der Waals surface area contributed by atoms with E-state index in [1.807, 2.05) is 0 Å². The maximum Gasteiger partial charge on any atom is 0.369 e. The quantitative estimate of drug-likeness (QED) is 0.633. The lowest BCUT2D eigenvalue weighted by molar-refractivity contribution is -0.0426. The van der Waals surface area contributed by atoms with Gasteiger partial charge in [-0.15, -0.1) is 0 Å². The molecule has 0 aromatic carbocycles. The summed E-state index contributed by atoms with van der Waals surface area (Å²) in [5, 5.41) is -0.609. The molecule has 0 bridgehead atoms. The van der Waals surface area contributed by atoms with Gasteiger partial charge in [0.1, 0.15) is 0 Å². The first-order valence-electron chi connectivity index (χ1n) is 4.21. The van der Waals surface area contributed by atoms with Gasteiger partial charge in [0.25, 0.3) is 0 Å². The summed E-state index contributed by atoms with van der Waals surface area (Å²) in [6, 6.07) is 0. The first kappa shape index (κ1) is 10.1. The van der Waals surface area contributed by atoms with Crippen LogP contribution < -0.4 is 5.73 Å². The summed E-state index contributed by atoms with van der Waals surface area (Å²) in [5.41, 5.74) is 6.01. The van der Waals surface area contributed by atoms with Crippen molar-refractivity contribution in [2.75, 3.05) is 20.8 Å². The first-order chi connectivity index (χ1) is 5.73. The van der Waals surface area contributed by atoms with Gasteiger partial charge in [0.2, 0.25) is 0 Å². The summed E-state index contributed by atoms with van der Waals surface area (Å²) in [7, 11) is 1.43. The average molecular weight is 191 g/mol. The molecule has 12 heavy (non-hydrogen) atoms. The van der Waals surface area contributed by atoms with Crippen LogP contribution in [0.3, 0.4) is 0 Å². The summed E-state index contributed by atoms with van der Waals surface area (Å²) in [6.45, 7) is 0.729. The Morgan fingerprint density at radius 2 is 2.00 bits per heavy atom. The third kappa shape index (κ3) is 2.05. The molecule has 1 unspecified atom stereocenters. The van der Waals surface area contributed by atoms with Gasteiger partial charge < -0.3 is 19.3 Å². The lowest BCUT2D eigenvalue weighted by atomic mass is 10.2. The summed E-state index contributed by atoms with van der Waals surface area (Å²) in [6.07, 6.45) is 3.05. The zero-order chi connectivity index (χ0) is 9.03. The highest BCUT2D eigenvalue weighted by Gasteiger charge is 2.41. The third-order valence-electron chi connectivity index (χ3n) is 2.16. The van der Waals surface area contributed by atoms with Crippen LogP contribution in [-0.4, -0.2) is 35.5 Å². The molecular weight excluding hydrogens is 174 g/mol. The fourth-order valence-electron chi connectivity index (χ4n) is 1.52. The molecule has 0 aromatic heterocycles. The SMILES string of the molecule is CO[SiH](OC)C1(N)CCCCO1. The molecule has 0 aromatic rings. The van der Waals surface area contributed by atoms with Gasteiger partial charge in [-0.3, -0.25) is 0 Å². The molecule has 0 spiro atoms. The molecule has 4 nitrogen and oxygen atoms in total. The van der Waals surface area contributed by atoms with Crippen LogP contribution in [0.25, 0.3) is 0 Å². The smallest absolute Gasteiger partial charge is 0.369 e. The maximum atomic E-state index is 6.01. The highest BCUT2D eigenvalue weighted by Crippen LogP contribution is 2.22. The van der Waals surface area contributed by atoms with E-state index in [1.165, 1.54) is 0 Å². The van der Waals surface area contributed by atoms with E-state index in [0.29, 0.717) is 0 Å². The van der Waals surface area contributed by atoms with Gasteiger partial charge in [-0.25, -0.2) is 0 Å². The molecule has 72 valence electrons. The molecular formula is C7H17NO3Si. The van der Waals surface area contributed by atoms with E-state index in [0.717, 1.165) is 25.9 Å². The second-order valence-electron chi connectivity index (χ2n) is 3.06. The average Bonchev–Trinajstić information content (AvgIpc) is 2.07. The Morgan fingerprint density at radius 1 is 1.33 bits per heavy atom. The van der Waals surface area contributed by atoms with Crippen LogP contribution in [0.5, 0.6) is 0 Å². The predicted molar refractivity (Wildman–Crippen MR) is 47.9 cm³/mol. The van der Waals surface area contributed by atoms with Crippen molar-refractivity contribution in [2.24, 2.45) is 5.73 Å². The van der Waals surface area contributed by atoms with Gasteiger partial charge in [0, 0.05) is 20.8 Å². The Balaban J connectivity index is 2.53. The van der Waals surface area contributed by atoms with Gasteiger partial charge in [-0.2, -0.15) is 0 Å². The number of hydrogen-bond acceptors (Lipinski definition) is 4. The van der Waals surface area contributed by atoms with Crippen LogP contribution in [0.1, 0.15) is 19.3 Å². The van der Waals surface area contributed by atoms with Crippen LogP contribution >= 0.6 is 0 Å². The van der Waals surface area contributed by atoms with Crippen molar-refractivity contribution in [3.8, 4) is 0 Å². The largest absolute Gasteiger partial charge is 0.398 e. The number of nitrogens with two attached hydrogens (primary N) is 1. The van der Waals surface area contributed by atoms with Crippen LogP contribution in [0, 0.1) is 0 Å². The molecule has 0 saturated carbocycles. The van der Waals surface area contributed by atoms with E-state index in [1.54, 1.807) is 14.2 Å². The van der Waals surface area contributed by atoms with Crippen molar-refractivity contribution in [3.63, 3.8) is 0 Å². The second-order valence-corrected chi connectivity index (χ2v) is 5.65. The van der Waals surface area contributed by atoms with Gasteiger partial charge in [-0.1, -0.05) is 0 Å². The van der Waals surface area contributed by atoms with Crippen molar-refractivity contribution in [3.05, 3.63) is 0 Å². The molecule has 0 aliphatic carbocycles. The monoisotopic (exact) mass is 191 g/mol. The van der Waals surface area contributed by atoms with E-state index in [2.05, 4.69) is 0 Å². The Morgan fingerprint density at radius 3 is 2.42 bits per heavy atom. The molecule has 1 rings (SSSR count). The fourth-order valence-corrected chi connectivity index (χ4v) is 3.20. The van der Waals surface area contributed by atoms with Crippen LogP contribution in [0.2, 0.25) is 0 Å². The van der Waals surface area contributed by atoms with E-state index in [4.69, 9.17) is 19.3 Å². The normalized spacial score (nSPS) is 31.0. The second kappa shape index (κ2) is 4.34. The van der Waals surface area contributed by atoms with Gasteiger partial charge >= 0.3 is 9.28 Å². The zero-order valence-electron chi connectivity index (χ0n) is 7.71. The summed E-state index contributed by atoms with van der Waals surface area (Å²) in [5.74, 6) is 0. The molecule has 1 atom stereocenters. The number of hydrogen-bond donors (Lipinski definition) is 1. The van der Waals surface area contributed by atoms with Crippen LogP contribution in [0.4, 0.5) is 0 Å². The van der Waals surface area contributed by atoms with E-state index < -0.39 is 14.6 Å². The minimum absolute atomic E-state index is 0.609. The highest BCUT2D eigenvalue weighted by molar-refractivity contribution is 6.48. The molecule has 1 aliphatic heterocycles. The first-order valence-corrected chi connectivity index (χ1v) is 5.73. The van der Waals surface area contributed by atoms with Gasteiger partial charge in [0.15, 0.2) is 5.35 Å². The fraction of sp³-hybridized carbons (Fsp3) is 1.00. The van der Waals surface area contributed by atoms with Gasteiger partial charge in [-0.05, 0) is 19.3 Å². The zero-order valence-corrected chi connectivity index (χ0v) is 8.86. The standard InChI is InChI=1S/C7H17NO3Si/c1-9-12(10-2)7(8)5-3-4-6-11-7/h12H,3-6,8H2,1-2H3. The molecule has 1 heterocycles. The van der Waals surface area contributed by atoms with Gasteiger partial charge in [0.05, 0.1) is 0 Å². The molecule has 1 aliphatic rings. The van der Waals surface area contributed by atoms with Crippen molar-refractivity contribution >= 4 is 9.28 Å². The lowest BCUT2D eigenvalue weighted by Crippen LogP contribution is -2.59. The van der Waals surface area contributed by atoms with Crippen molar-refractivity contribution in [2.45, 2.75) is 24.6 Å². The van der Waals surface area contributed by atoms with Crippen molar-refractivity contribution in [1.82, 2.24) is 0 Å². The molecule has 2 N–H and O–H groups in total. The van der Waals surface area contributed by atoms with E-state index in [9.17, 15) is 0 Å².